The van der Waals surface area contributed by atoms with Crippen LogP contribution in [0.5, 0.6) is 0 Å². The molecule has 0 aromatic heterocycles. The van der Waals surface area contributed by atoms with Crippen molar-refractivity contribution in [3.8, 4) is 0 Å². The van der Waals surface area contributed by atoms with Crippen molar-refractivity contribution in [1.29, 1.82) is 0 Å². The van der Waals surface area contributed by atoms with E-state index in [1.165, 1.54) is 5.69 Å². The zero-order valence-corrected chi connectivity index (χ0v) is 11.0. The predicted molar refractivity (Wildman–Crippen MR) is 68.8 cm³/mol. The molecule has 15 heavy (non-hydrogen) atoms. The van der Waals surface area contributed by atoms with Crippen molar-refractivity contribution in [2.24, 2.45) is 0 Å². The Hall–Kier alpha value is -0.250. The molecule has 1 heterocycles. The van der Waals surface area contributed by atoms with Gasteiger partial charge in [0.05, 0.1) is 5.02 Å². The van der Waals surface area contributed by atoms with Gasteiger partial charge in [0.1, 0.15) is 0 Å². The van der Waals surface area contributed by atoms with E-state index in [9.17, 15) is 0 Å². The van der Waals surface area contributed by atoms with Crippen molar-refractivity contribution in [2.45, 2.75) is 13.0 Å². The van der Waals surface area contributed by atoms with Crippen molar-refractivity contribution < 1.29 is 0 Å². The number of anilines is 1. The molecule has 1 aliphatic rings. The van der Waals surface area contributed by atoms with Gasteiger partial charge in [0.25, 0.3) is 0 Å². The SMILES string of the molecule is CC1CNCCN1c1ccc(Br)c(Cl)c1. The van der Waals surface area contributed by atoms with Crippen LogP contribution < -0.4 is 10.2 Å². The van der Waals surface area contributed by atoms with Gasteiger partial charge in [-0.1, -0.05) is 11.6 Å². The van der Waals surface area contributed by atoms with Crippen molar-refractivity contribution in [3.63, 3.8) is 0 Å². The van der Waals surface area contributed by atoms with Gasteiger partial charge in [-0.15, -0.1) is 0 Å². The summed E-state index contributed by atoms with van der Waals surface area (Å²) < 4.78 is 0.954. The monoisotopic (exact) mass is 288 g/mol. The lowest BCUT2D eigenvalue weighted by atomic mass is 10.2. The summed E-state index contributed by atoms with van der Waals surface area (Å²) in [6.07, 6.45) is 0. The Bertz CT molecular complexity index is 356. The quantitative estimate of drug-likeness (QED) is 0.855. The molecule has 1 aromatic carbocycles. The van der Waals surface area contributed by atoms with Gasteiger partial charge in [-0.25, -0.2) is 0 Å². The van der Waals surface area contributed by atoms with Gasteiger partial charge in [0.2, 0.25) is 0 Å². The molecule has 1 N–H and O–H groups in total. The second-order valence-electron chi connectivity index (χ2n) is 3.84. The molecular formula is C11H14BrClN2. The second kappa shape index (κ2) is 4.73. The van der Waals surface area contributed by atoms with Crippen LogP contribution in [-0.2, 0) is 0 Å². The first-order valence-corrected chi connectivity index (χ1v) is 6.28. The number of halogens is 2. The zero-order chi connectivity index (χ0) is 10.8. The summed E-state index contributed by atoms with van der Waals surface area (Å²) in [7, 11) is 0. The third kappa shape index (κ3) is 2.47. The first-order valence-electron chi connectivity index (χ1n) is 5.11. The number of nitrogens with zero attached hydrogens (tertiary/aromatic N) is 1. The van der Waals surface area contributed by atoms with Crippen LogP contribution in [-0.4, -0.2) is 25.7 Å². The molecule has 0 amide bonds. The molecule has 1 aromatic rings. The molecule has 1 unspecified atom stereocenters. The molecule has 0 aliphatic carbocycles. The lowest BCUT2D eigenvalue weighted by Gasteiger charge is -2.36. The van der Waals surface area contributed by atoms with Gasteiger partial charge >= 0.3 is 0 Å². The molecule has 4 heteroatoms. The molecule has 82 valence electrons. The maximum Gasteiger partial charge on any atom is 0.0568 e. The molecule has 0 spiro atoms. The highest BCUT2D eigenvalue weighted by Crippen LogP contribution is 2.28. The Morgan fingerprint density at radius 1 is 1.53 bits per heavy atom. The van der Waals surface area contributed by atoms with Gasteiger partial charge in [-0.2, -0.15) is 0 Å². The van der Waals surface area contributed by atoms with Gasteiger partial charge in [0.15, 0.2) is 0 Å². The third-order valence-corrected chi connectivity index (χ3v) is 3.97. The molecule has 0 bridgehead atoms. The Morgan fingerprint density at radius 2 is 2.33 bits per heavy atom. The summed E-state index contributed by atoms with van der Waals surface area (Å²) in [5.41, 5.74) is 1.21. The number of benzene rings is 1. The molecule has 1 aliphatic heterocycles. The predicted octanol–water partition coefficient (Wildman–Crippen LogP) is 2.90. The fraction of sp³-hybridized carbons (Fsp3) is 0.455. The van der Waals surface area contributed by atoms with Crippen LogP contribution in [0, 0.1) is 0 Å². The van der Waals surface area contributed by atoms with Gasteiger partial charge < -0.3 is 10.2 Å². The molecule has 2 rings (SSSR count). The van der Waals surface area contributed by atoms with Crippen LogP contribution in [0.25, 0.3) is 0 Å². The molecule has 1 saturated heterocycles. The lowest BCUT2D eigenvalue weighted by Crippen LogP contribution is -2.49. The van der Waals surface area contributed by atoms with E-state index in [4.69, 9.17) is 11.6 Å². The largest absolute Gasteiger partial charge is 0.366 e. The van der Waals surface area contributed by atoms with Crippen molar-refractivity contribution in [2.75, 3.05) is 24.5 Å². The summed E-state index contributed by atoms with van der Waals surface area (Å²) in [5, 5.41) is 4.15. The molecule has 0 saturated carbocycles. The Kier molecular flexibility index (Phi) is 3.54. The van der Waals surface area contributed by atoms with E-state index >= 15 is 0 Å². The van der Waals surface area contributed by atoms with E-state index in [1.54, 1.807) is 0 Å². The maximum atomic E-state index is 6.09. The van der Waals surface area contributed by atoms with Crippen molar-refractivity contribution >= 4 is 33.2 Å². The fourth-order valence-electron chi connectivity index (χ4n) is 1.89. The van der Waals surface area contributed by atoms with Crippen LogP contribution in [0.2, 0.25) is 5.02 Å². The molecule has 0 radical (unpaired) electrons. The average Bonchev–Trinajstić information content (AvgIpc) is 2.23. The highest BCUT2D eigenvalue weighted by molar-refractivity contribution is 9.10. The minimum Gasteiger partial charge on any atom is -0.366 e. The summed E-state index contributed by atoms with van der Waals surface area (Å²) >= 11 is 9.50. The summed E-state index contributed by atoms with van der Waals surface area (Å²) in [5.74, 6) is 0. The summed E-state index contributed by atoms with van der Waals surface area (Å²) in [4.78, 5) is 2.38. The first-order chi connectivity index (χ1) is 7.18. The van der Waals surface area contributed by atoms with E-state index in [-0.39, 0.29) is 0 Å². The number of hydrogen-bond donors (Lipinski definition) is 1. The minimum atomic E-state index is 0.524. The van der Waals surface area contributed by atoms with Gasteiger partial charge in [0, 0.05) is 35.8 Å². The topological polar surface area (TPSA) is 15.3 Å². The average molecular weight is 290 g/mol. The van der Waals surface area contributed by atoms with Crippen LogP contribution in [0.4, 0.5) is 5.69 Å². The van der Waals surface area contributed by atoms with E-state index in [2.05, 4.69) is 39.1 Å². The fourth-order valence-corrected chi connectivity index (χ4v) is 2.31. The van der Waals surface area contributed by atoms with E-state index in [0.717, 1.165) is 29.1 Å². The van der Waals surface area contributed by atoms with Crippen LogP contribution in [0.1, 0.15) is 6.92 Å². The number of nitrogens with one attached hydrogen (secondary N) is 1. The molecule has 1 fully saturated rings. The minimum absolute atomic E-state index is 0.524. The van der Waals surface area contributed by atoms with Crippen molar-refractivity contribution in [1.82, 2.24) is 5.32 Å². The Morgan fingerprint density at radius 3 is 3.00 bits per heavy atom. The van der Waals surface area contributed by atoms with Crippen molar-refractivity contribution in [3.05, 3.63) is 27.7 Å². The van der Waals surface area contributed by atoms with E-state index in [0.29, 0.717) is 6.04 Å². The standard InChI is InChI=1S/C11H14BrClN2/c1-8-7-14-4-5-15(8)9-2-3-10(12)11(13)6-9/h2-3,6,8,14H,4-5,7H2,1H3. The van der Waals surface area contributed by atoms with Crippen LogP contribution in [0.15, 0.2) is 22.7 Å². The van der Waals surface area contributed by atoms with Gasteiger partial charge in [-0.05, 0) is 41.1 Å². The molecule has 2 nitrogen and oxygen atoms in total. The first kappa shape index (κ1) is 11.2. The smallest absolute Gasteiger partial charge is 0.0568 e. The van der Waals surface area contributed by atoms with E-state index < -0.39 is 0 Å². The number of piperazine rings is 1. The molecule has 1 atom stereocenters. The van der Waals surface area contributed by atoms with Crippen LogP contribution >= 0.6 is 27.5 Å². The highest BCUT2D eigenvalue weighted by Gasteiger charge is 2.18. The Labute approximate surface area is 104 Å². The summed E-state index contributed by atoms with van der Waals surface area (Å²) in [6, 6.07) is 6.66. The zero-order valence-electron chi connectivity index (χ0n) is 8.63. The second-order valence-corrected chi connectivity index (χ2v) is 5.11. The third-order valence-electron chi connectivity index (χ3n) is 2.74. The number of rotatable bonds is 1. The number of hydrogen-bond acceptors (Lipinski definition) is 2. The van der Waals surface area contributed by atoms with E-state index in [1.807, 2.05) is 12.1 Å². The highest BCUT2D eigenvalue weighted by atomic mass is 79.9. The normalized spacial score (nSPS) is 21.8. The maximum absolute atomic E-state index is 6.09. The van der Waals surface area contributed by atoms with Crippen LogP contribution in [0.3, 0.4) is 0 Å². The van der Waals surface area contributed by atoms with Gasteiger partial charge in [-0.3, -0.25) is 0 Å². The Balaban J connectivity index is 2.24. The summed E-state index contributed by atoms with van der Waals surface area (Å²) in [6.45, 7) is 5.34. The lowest BCUT2D eigenvalue weighted by molar-refractivity contribution is 0.501. The molecular weight excluding hydrogens is 275 g/mol.